The number of carbonyl (C=O) groups is 1. The van der Waals surface area contributed by atoms with E-state index < -0.39 is 11.2 Å². The van der Waals surface area contributed by atoms with E-state index in [1.807, 2.05) is 60.7 Å². The molecule has 1 saturated heterocycles. The molecule has 1 aromatic heterocycles. The van der Waals surface area contributed by atoms with E-state index >= 15 is 4.39 Å². The molecule has 2 unspecified atom stereocenters. The van der Waals surface area contributed by atoms with Crippen LogP contribution in [0, 0.1) is 5.82 Å². The summed E-state index contributed by atoms with van der Waals surface area (Å²) in [7, 11) is 1.64. The second-order valence-electron chi connectivity index (χ2n) is 10.2. The van der Waals surface area contributed by atoms with Gasteiger partial charge in [-0.3, -0.25) is 0 Å². The molecule has 1 fully saturated rings. The average Bonchev–Trinajstić information content (AvgIpc) is 3.46. The number of hydrogen-bond donors (Lipinski definition) is 2. The monoisotopic (exact) mass is 588 g/mol. The fourth-order valence-electron chi connectivity index (χ4n) is 5.47. The summed E-state index contributed by atoms with van der Waals surface area (Å²) in [5, 5.41) is 0.542. The van der Waals surface area contributed by atoms with Crippen LogP contribution < -0.4 is 4.74 Å². The zero-order valence-electron chi connectivity index (χ0n) is 22.6. The van der Waals surface area contributed by atoms with E-state index in [-0.39, 0.29) is 17.0 Å². The summed E-state index contributed by atoms with van der Waals surface area (Å²) in [6, 6.07) is 24.4. The molecule has 8 heteroatoms. The van der Waals surface area contributed by atoms with Gasteiger partial charge < -0.3 is 13.9 Å². The lowest BCUT2D eigenvalue weighted by molar-refractivity contribution is 0.0760. The number of benzene rings is 4. The predicted octanol–water partition coefficient (Wildman–Crippen LogP) is 8.62. The molecule has 1 aliphatic rings. The number of nitrogens with zero attached hydrogens (tertiary/aromatic N) is 1. The molecule has 0 bridgehead atoms. The molecule has 2 atom stereocenters. The molecule has 1 aliphatic heterocycles. The van der Waals surface area contributed by atoms with Gasteiger partial charge in [-0.05, 0) is 90.0 Å². The number of halogens is 2. The van der Waals surface area contributed by atoms with Crippen LogP contribution in [-0.4, -0.2) is 28.8 Å². The van der Waals surface area contributed by atoms with Crippen molar-refractivity contribution in [2.45, 2.75) is 30.9 Å². The van der Waals surface area contributed by atoms with Crippen LogP contribution in [0.15, 0.2) is 85.2 Å². The van der Waals surface area contributed by atoms with Crippen LogP contribution in [0.4, 0.5) is 4.39 Å². The van der Waals surface area contributed by atoms with Crippen molar-refractivity contribution in [1.29, 1.82) is 0 Å². The van der Waals surface area contributed by atoms with Crippen molar-refractivity contribution in [3.63, 3.8) is 0 Å². The van der Waals surface area contributed by atoms with Crippen molar-refractivity contribution in [3.05, 3.63) is 118 Å². The van der Waals surface area contributed by atoms with Crippen molar-refractivity contribution < 1.29 is 18.1 Å². The van der Waals surface area contributed by atoms with Crippen molar-refractivity contribution in [2.24, 2.45) is 0 Å². The summed E-state index contributed by atoms with van der Waals surface area (Å²) in [4.78, 5) is 20.3. The minimum absolute atomic E-state index is 0.132. The van der Waals surface area contributed by atoms with Crippen molar-refractivity contribution in [1.82, 2.24) is 9.97 Å². The number of H-pyrrole nitrogens is 1. The smallest absolute Gasteiger partial charge is 0.348 e. The molecular formula is C33H30ClFN2O3S. The molecule has 0 spiro atoms. The molecular weight excluding hydrogens is 559 g/mol. The second-order valence-corrected chi connectivity index (χ2v) is 12.8. The van der Waals surface area contributed by atoms with E-state index in [4.69, 9.17) is 20.5 Å². The third-order valence-corrected chi connectivity index (χ3v) is 10.2. The number of fused-ring (bicyclic) bond motifs is 1. The predicted molar refractivity (Wildman–Crippen MR) is 165 cm³/mol. The van der Waals surface area contributed by atoms with Gasteiger partial charge in [-0.2, -0.15) is 0 Å². The van der Waals surface area contributed by atoms with Crippen molar-refractivity contribution >= 4 is 39.8 Å². The third kappa shape index (κ3) is 5.97. The summed E-state index contributed by atoms with van der Waals surface area (Å²) in [6.07, 6.45) is 4.88. The summed E-state index contributed by atoms with van der Waals surface area (Å²) in [6.45, 7) is 0. The van der Waals surface area contributed by atoms with Crippen molar-refractivity contribution in [3.8, 4) is 16.9 Å². The Bertz CT molecular complexity index is 1710. The Labute approximate surface area is 246 Å². The first-order chi connectivity index (χ1) is 20.0. The largest absolute Gasteiger partial charge is 0.497 e. The maximum atomic E-state index is 15.7. The van der Waals surface area contributed by atoms with E-state index in [0.717, 1.165) is 58.5 Å². The van der Waals surface area contributed by atoms with Crippen LogP contribution in [-0.2, 0) is 10.6 Å². The van der Waals surface area contributed by atoms with Crippen molar-refractivity contribution in [2.75, 3.05) is 12.9 Å². The Hall–Kier alpha value is -3.81. The molecule has 0 amide bonds. The van der Waals surface area contributed by atoms with Crippen LogP contribution >= 0.6 is 22.8 Å². The molecule has 6 rings (SSSR count). The highest BCUT2D eigenvalue weighted by Crippen LogP contribution is 2.52. The van der Waals surface area contributed by atoms with Gasteiger partial charge in [0.2, 0.25) is 0 Å². The van der Waals surface area contributed by atoms with Gasteiger partial charge in [0.25, 0.3) is 0 Å². The molecule has 0 aliphatic carbocycles. The quantitative estimate of drug-likeness (QED) is 0.187. The molecule has 5 aromatic rings. The average molecular weight is 589 g/mol. The van der Waals surface area contributed by atoms with Gasteiger partial charge in [-0.15, -0.1) is 0 Å². The van der Waals surface area contributed by atoms with E-state index in [1.165, 1.54) is 0 Å². The lowest BCUT2D eigenvalue weighted by Gasteiger charge is -2.34. The van der Waals surface area contributed by atoms with Gasteiger partial charge in [-0.25, -0.2) is 14.2 Å². The zero-order chi connectivity index (χ0) is 28.3. The first-order valence-electron chi connectivity index (χ1n) is 13.6. The lowest BCUT2D eigenvalue weighted by Crippen LogP contribution is -2.16. The Morgan fingerprint density at radius 3 is 2.71 bits per heavy atom. The summed E-state index contributed by atoms with van der Waals surface area (Å²) in [5.74, 6) is 0.881. The van der Waals surface area contributed by atoms with Crippen LogP contribution in [0.2, 0.25) is 5.02 Å². The molecule has 1 N–H and O–H groups in total. The molecule has 5 nitrogen and oxygen atoms in total. The van der Waals surface area contributed by atoms with Gasteiger partial charge in [0, 0.05) is 21.6 Å². The van der Waals surface area contributed by atoms with Gasteiger partial charge in [-0.1, -0.05) is 59.5 Å². The van der Waals surface area contributed by atoms with Crippen LogP contribution in [0.1, 0.15) is 51.6 Å². The second kappa shape index (κ2) is 12.0. The minimum Gasteiger partial charge on any atom is -0.497 e. The van der Waals surface area contributed by atoms with Crippen LogP contribution in [0.25, 0.3) is 22.2 Å². The number of nitrogens with one attached hydrogen (secondary N) is 1. The van der Waals surface area contributed by atoms with Gasteiger partial charge in [0.15, 0.2) is 0 Å². The summed E-state index contributed by atoms with van der Waals surface area (Å²) < 4.78 is 27.3. The number of aromatic amines is 1. The maximum Gasteiger partial charge on any atom is 0.348 e. The molecule has 0 radical (unpaired) electrons. The number of hydrogen-bond acceptors (Lipinski definition) is 4. The highest BCUT2D eigenvalue weighted by atomic mass is 35.5. The minimum atomic E-state index is -1.17. The number of thiol groups is 1. The zero-order valence-corrected chi connectivity index (χ0v) is 24.2. The summed E-state index contributed by atoms with van der Waals surface area (Å²) in [5.41, 5.74) is 6.62. The van der Waals surface area contributed by atoms with Crippen LogP contribution in [0.5, 0.6) is 5.75 Å². The number of imidazole rings is 1. The molecule has 41 heavy (non-hydrogen) atoms. The Morgan fingerprint density at radius 1 is 1.05 bits per heavy atom. The highest BCUT2D eigenvalue weighted by molar-refractivity contribution is 8.13. The van der Waals surface area contributed by atoms with E-state index in [2.05, 4.69) is 9.97 Å². The maximum absolute atomic E-state index is 15.7. The standard InChI is InChI=1S/C33H30ClFN2O3S/c1-39-26-11-13-27(22-6-9-25(34)10-7-22)24(18-26)16-21-5-12-28(29(35)17-21)32-4-2-3-15-41(32)40-33(38)23-8-14-30-31(19-23)37-20-36-30/h5-14,17-20,32,41H,2-4,15-16H2,1H3,(H,36,37). The highest BCUT2D eigenvalue weighted by Gasteiger charge is 2.29. The number of methoxy groups -OCH3 is 1. The van der Waals surface area contributed by atoms with E-state index in [1.54, 1.807) is 31.6 Å². The first kappa shape index (κ1) is 27.4. The van der Waals surface area contributed by atoms with Gasteiger partial charge in [0.05, 0.1) is 30.0 Å². The first-order valence-corrected chi connectivity index (χ1v) is 15.5. The number of aromatic nitrogens is 2. The Balaban J connectivity index is 1.23. The van der Waals surface area contributed by atoms with E-state index in [0.29, 0.717) is 28.1 Å². The normalized spacial score (nSPS) is 17.8. The number of carbonyl (C=O) groups excluding carboxylic acids is 1. The number of ether oxygens (including phenoxy) is 1. The lowest BCUT2D eigenvalue weighted by atomic mass is 9.93. The fourth-order valence-corrected chi connectivity index (χ4v) is 7.97. The topological polar surface area (TPSA) is 64.2 Å². The molecule has 2 heterocycles. The SMILES string of the molecule is COc1ccc(-c2ccc(Cl)cc2)c(Cc2ccc(C3CCCC[SH]3OC(=O)c3ccc4[nH]cnc4c3)c(F)c2)c1. The fraction of sp³-hybridized carbons (Fsp3) is 0.212. The van der Waals surface area contributed by atoms with Crippen LogP contribution in [0.3, 0.4) is 0 Å². The third-order valence-electron chi connectivity index (χ3n) is 7.60. The number of rotatable bonds is 7. The van der Waals surface area contributed by atoms with Gasteiger partial charge >= 0.3 is 5.97 Å². The Kier molecular flexibility index (Phi) is 7.99. The molecule has 0 saturated carbocycles. The Morgan fingerprint density at radius 2 is 1.90 bits per heavy atom. The van der Waals surface area contributed by atoms with Gasteiger partial charge in [0.1, 0.15) is 11.6 Å². The molecule has 210 valence electrons. The summed E-state index contributed by atoms with van der Waals surface area (Å²) >= 11 is 4.94. The van der Waals surface area contributed by atoms with E-state index in [9.17, 15) is 4.79 Å². The molecule has 4 aromatic carbocycles.